The number of hydrogen-bond donors (Lipinski definition) is 2. The Balaban J connectivity index is 2.10. The minimum absolute atomic E-state index is 0.550. The summed E-state index contributed by atoms with van der Waals surface area (Å²) < 4.78 is 10.9. The average molecular weight is 362 g/mol. The van der Waals surface area contributed by atoms with E-state index in [1.807, 2.05) is 38.2 Å². The van der Waals surface area contributed by atoms with Gasteiger partial charge in [0.15, 0.2) is 17.5 Å². The van der Waals surface area contributed by atoms with Crippen molar-refractivity contribution in [3.63, 3.8) is 0 Å². The number of ether oxygens (including phenoxy) is 2. The summed E-state index contributed by atoms with van der Waals surface area (Å²) in [6.07, 6.45) is 2.93. The summed E-state index contributed by atoms with van der Waals surface area (Å²) in [5.74, 6) is 2.13. The maximum absolute atomic E-state index is 5.55. The van der Waals surface area contributed by atoms with Gasteiger partial charge in [0.2, 0.25) is 0 Å². The second kappa shape index (κ2) is 9.88. The highest BCUT2D eigenvalue weighted by Gasteiger charge is 2.07. The van der Waals surface area contributed by atoms with Gasteiger partial charge in [-0.05, 0) is 32.4 Å². The van der Waals surface area contributed by atoms with Crippen LogP contribution in [0.5, 0.6) is 11.5 Å². The number of rotatable bonds is 8. The number of benzene rings is 1. The van der Waals surface area contributed by atoms with Crippen molar-refractivity contribution in [2.24, 2.45) is 4.99 Å². The molecule has 0 atom stereocenters. The maximum Gasteiger partial charge on any atom is 0.196 e. The third kappa shape index (κ3) is 5.63. The molecule has 2 rings (SSSR count). The molecule has 0 amide bonds. The molecule has 2 aromatic rings. The first kappa shape index (κ1) is 19.1. The lowest BCUT2D eigenvalue weighted by Gasteiger charge is -2.14. The fourth-order valence-electron chi connectivity index (χ4n) is 2.20. The second-order valence-electron chi connectivity index (χ2n) is 5.19. The standard InChI is InChI=1S/C18H26N4O2S/c1-5-14-11-20-17(25-14)12-21-18(19-6-2)22-13-8-9-15(24-7-3)16(10-13)23-4/h8-11H,5-7,12H2,1-4H3,(H2,19,21,22). The monoisotopic (exact) mass is 362 g/mol. The van der Waals surface area contributed by atoms with Crippen molar-refractivity contribution >= 4 is 23.0 Å². The number of aromatic nitrogens is 1. The maximum atomic E-state index is 5.55. The van der Waals surface area contributed by atoms with Gasteiger partial charge in [-0.3, -0.25) is 0 Å². The van der Waals surface area contributed by atoms with Crippen molar-refractivity contribution in [3.05, 3.63) is 34.3 Å². The first-order valence-electron chi connectivity index (χ1n) is 8.49. The molecule has 136 valence electrons. The molecule has 0 spiro atoms. The zero-order chi connectivity index (χ0) is 18.1. The summed E-state index contributed by atoms with van der Waals surface area (Å²) in [4.78, 5) is 10.3. The van der Waals surface area contributed by atoms with E-state index in [1.165, 1.54) is 4.88 Å². The summed E-state index contributed by atoms with van der Waals surface area (Å²) in [5.41, 5.74) is 0.883. The number of thiazole rings is 1. The number of nitrogens with zero attached hydrogens (tertiary/aromatic N) is 2. The number of methoxy groups -OCH3 is 1. The highest BCUT2D eigenvalue weighted by Crippen LogP contribution is 2.30. The number of aryl methyl sites for hydroxylation is 1. The predicted octanol–water partition coefficient (Wildman–Crippen LogP) is 3.69. The molecular weight excluding hydrogens is 336 g/mol. The number of nitrogens with one attached hydrogen (secondary N) is 2. The number of aliphatic imine (C=N–C) groups is 1. The van der Waals surface area contributed by atoms with Gasteiger partial charge in [-0.15, -0.1) is 11.3 Å². The molecule has 1 aromatic carbocycles. The highest BCUT2D eigenvalue weighted by atomic mass is 32.1. The van der Waals surface area contributed by atoms with Crippen molar-refractivity contribution in [1.82, 2.24) is 10.3 Å². The van der Waals surface area contributed by atoms with E-state index in [0.29, 0.717) is 24.9 Å². The van der Waals surface area contributed by atoms with Gasteiger partial charge in [-0.1, -0.05) is 6.92 Å². The largest absolute Gasteiger partial charge is 0.493 e. The first-order valence-corrected chi connectivity index (χ1v) is 9.31. The van der Waals surface area contributed by atoms with E-state index in [9.17, 15) is 0 Å². The Morgan fingerprint density at radius 1 is 1.24 bits per heavy atom. The smallest absolute Gasteiger partial charge is 0.196 e. The lowest BCUT2D eigenvalue weighted by atomic mass is 10.2. The molecule has 6 nitrogen and oxygen atoms in total. The van der Waals surface area contributed by atoms with E-state index >= 15 is 0 Å². The van der Waals surface area contributed by atoms with Gasteiger partial charge in [0.05, 0.1) is 20.3 Å². The van der Waals surface area contributed by atoms with Crippen molar-refractivity contribution in [1.29, 1.82) is 0 Å². The van der Waals surface area contributed by atoms with Crippen molar-refractivity contribution in [2.45, 2.75) is 33.7 Å². The average Bonchev–Trinajstić information content (AvgIpc) is 3.09. The van der Waals surface area contributed by atoms with E-state index in [4.69, 9.17) is 9.47 Å². The second-order valence-corrected chi connectivity index (χ2v) is 6.39. The molecule has 7 heteroatoms. The molecule has 1 aromatic heterocycles. The molecule has 2 N–H and O–H groups in total. The first-order chi connectivity index (χ1) is 12.2. The minimum Gasteiger partial charge on any atom is -0.493 e. The molecule has 0 saturated carbocycles. The Morgan fingerprint density at radius 3 is 2.72 bits per heavy atom. The van der Waals surface area contributed by atoms with Crippen LogP contribution >= 0.6 is 11.3 Å². The molecule has 0 aliphatic heterocycles. The summed E-state index contributed by atoms with van der Waals surface area (Å²) in [6.45, 7) is 8.04. The van der Waals surface area contributed by atoms with Gasteiger partial charge in [0, 0.05) is 29.4 Å². The molecule has 0 radical (unpaired) electrons. The van der Waals surface area contributed by atoms with Gasteiger partial charge in [0.25, 0.3) is 0 Å². The van der Waals surface area contributed by atoms with Crippen LogP contribution in [0.2, 0.25) is 0 Å². The van der Waals surface area contributed by atoms with Gasteiger partial charge in [-0.25, -0.2) is 9.98 Å². The Hall–Kier alpha value is -2.28. The van der Waals surface area contributed by atoms with Crippen LogP contribution in [0.15, 0.2) is 29.4 Å². The van der Waals surface area contributed by atoms with Gasteiger partial charge in [0.1, 0.15) is 5.01 Å². The molecular formula is C18H26N4O2S. The molecule has 0 unspecified atom stereocenters. The molecule has 0 aliphatic rings. The van der Waals surface area contributed by atoms with Crippen LogP contribution in [0.25, 0.3) is 0 Å². The van der Waals surface area contributed by atoms with Crippen LogP contribution in [-0.4, -0.2) is 31.2 Å². The van der Waals surface area contributed by atoms with Crippen LogP contribution in [-0.2, 0) is 13.0 Å². The normalized spacial score (nSPS) is 11.3. The summed E-state index contributed by atoms with van der Waals surface area (Å²) in [6, 6.07) is 5.73. The lowest BCUT2D eigenvalue weighted by molar-refractivity contribution is 0.311. The number of guanidine groups is 1. The Bertz CT molecular complexity index is 700. The molecule has 1 heterocycles. The van der Waals surface area contributed by atoms with Crippen LogP contribution in [0.4, 0.5) is 5.69 Å². The van der Waals surface area contributed by atoms with E-state index in [1.54, 1.807) is 18.4 Å². The third-order valence-corrected chi connectivity index (χ3v) is 4.52. The Kier molecular flexibility index (Phi) is 7.53. The van der Waals surface area contributed by atoms with Gasteiger partial charge in [-0.2, -0.15) is 0 Å². The zero-order valence-corrected chi connectivity index (χ0v) is 16.1. The zero-order valence-electron chi connectivity index (χ0n) is 15.3. The predicted molar refractivity (Wildman–Crippen MR) is 104 cm³/mol. The molecule has 0 saturated heterocycles. The Morgan fingerprint density at radius 2 is 2.08 bits per heavy atom. The fraction of sp³-hybridized carbons (Fsp3) is 0.444. The Labute approximate surface area is 153 Å². The quantitative estimate of drug-likeness (QED) is 0.554. The summed E-state index contributed by atoms with van der Waals surface area (Å²) in [5, 5.41) is 7.55. The van der Waals surface area contributed by atoms with Crippen molar-refractivity contribution < 1.29 is 9.47 Å². The van der Waals surface area contributed by atoms with Crippen molar-refractivity contribution in [3.8, 4) is 11.5 Å². The van der Waals surface area contributed by atoms with Crippen molar-refractivity contribution in [2.75, 3.05) is 25.6 Å². The van der Waals surface area contributed by atoms with E-state index in [-0.39, 0.29) is 0 Å². The minimum atomic E-state index is 0.550. The third-order valence-electron chi connectivity index (χ3n) is 3.39. The number of hydrogen-bond acceptors (Lipinski definition) is 5. The number of anilines is 1. The summed E-state index contributed by atoms with van der Waals surface area (Å²) in [7, 11) is 1.63. The van der Waals surface area contributed by atoms with Crippen LogP contribution in [0.1, 0.15) is 30.7 Å². The highest BCUT2D eigenvalue weighted by molar-refractivity contribution is 7.11. The van der Waals surface area contributed by atoms with Crippen LogP contribution in [0.3, 0.4) is 0 Å². The summed E-state index contributed by atoms with van der Waals surface area (Å²) >= 11 is 1.70. The van der Waals surface area contributed by atoms with E-state index in [2.05, 4.69) is 27.5 Å². The van der Waals surface area contributed by atoms with Crippen LogP contribution < -0.4 is 20.1 Å². The van der Waals surface area contributed by atoms with Crippen LogP contribution in [0, 0.1) is 0 Å². The molecule has 0 fully saturated rings. The van der Waals surface area contributed by atoms with Gasteiger partial charge < -0.3 is 20.1 Å². The molecule has 0 aliphatic carbocycles. The van der Waals surface area contributed by atoms with Gasteiger partial charge >= 0.3 is 0 Å². The molecule has 0 bridgehead atoms. The lowest BCUT2D eigenvalue weighted by Crippen LogP contribution is -2.30. The molecule has 25 heavy (non-hydrogen) atoms. The topological polar surface area (TPSA) is 67.8 Å². The van der Waals surface area contributed by atoms with E-state index in [0.717, 1.165) is 29.4 Å². The fourth-order valence-corrected chi connectivity index (χ4v) is 2.98. The SMILES string of the molecule is CCNC(=NCc1ncc(CC)s1)Nc1ccc(OCC)c(OC)c1. The van der Waals surface area contributed by atoms with E-state index < -0.39 is 0 Å².